The molecule has 0 aliphatic carbocycles. The Morgan fingerprint density at radius 1 is 1.20 bits per heavy atom. The first kappa shape index (κ1) is 19.3. The Morgan fingerprint density at radius 2 is 1.85 bits per heavy atom. The molecular formula is C16H22ClNORe. The van der Waals surface area contributed by atoms with Crippen LogP contribution in [0.1, 0.15) is 25.0 Å². The first-order valence-electron chi connectivity index (χ1n) is 6.63. The van der Waals surface area contributed by atoms with Gasteiger partial charge >= 0.3 is 0 Å². The summed E-state index contributed by atoms with van der Waals surface area (Å²) >= 11 is 4.64. The van der Waals surface area contributed by atoms with Crippen molar-refractivity contribution in [1.82, 2.24) is 0 Å². The summed E-state index contributed by atoms with van der Waals surface area (Å²) in [6.45, 7) is 7.07. The number of alkyl halides is 1. The van der Waals surface area contributed by atoms with E-state index in [-0.39, 0.29) is 20.4 Å². The van der Waals surface area contributed by atoms with Crippen LogP contribution >= 0.6 is 11.6 Å². The van der Waals surface area contributed by atoms with Gasteiger partial charge in [0.25, 0.3) is 0 Å². The van der Waals surface area contributed by atoms with Gasteiger partial charge < -0.3 is 10.4 Å². The molecule has 0 amide bonds. The number of hydrogen-bond acceptors (Lipinski definition) is 2. The quantitative estimate of drug-likeness (QED) is 0.553. The molecule has 1 heterocycles. The van der Waals surface area contributed by atoms with Crippen LogP contribution in [-0.4, -0.2) is 18.0 Å². The molecule has 0 aromatic heterocycles. The van der Waals surface area contributed by atoms with Gasteiger partial charge in [0.15, 0.2) is 0 Å². The minimum absolute atomic E-state index is 0. The van der Waals surface area contributed by atoms with Crippen LogP contribution in [0, 0.1) is 6.92 Å². The van der Waals surface area contributed by atoms with Gasteiger partial charge in [-0.1, -0.05) is 32.0 Å². The Balaban J connectivity index is 0.000000667. The number of phenols is 1. The topological polar surface area (TPSA) is 32.3 Å². The van der Waals surface area contributed by atoms with Crippen LogP contribution in [0.5, 0.6) is 5.75 Å². The maximum absolute atomic E-state index is 9.92. The standard InChI is InChI=1S/C13H13NO.C2H6.CH3Cl.Re/c1-8-3-2-4-10-12(15)7-11-9(13(8)10)5-6-14-11;2*1-2;/h2-4,7,14-15H,5-6H2,1H3;1-2H3;1H3;. The number of hydrogen-bond donors (Lipinski definition) is 2. The van der Waals surface area contributed by atoms with Crippen LogP contribution < -0.4 is 5.32 Å². The normalized spacial score (nSPS) is 11.1. The molecule has 20 heavy (non-hydrogen) atoms. The molecule has 0 bridgehead atoms. The molecular weight excluding hydrogens is 444 g/mol. The Hall–Kier alpha value is -0.748. The summed E-state index contributed by atoms with van der Waals surface area (Å²) in [6.07, 6.45) is 2.52. The van der Waals surface area contributed by atoms with Gasteiger partial charge in [0.2, 0.25) is 0 Å². The van der Waals surface area contributed by atoms with Crippen molar-refractivity contribution in [3.8, 4) is 5.75 Å². The van der Waals surface area contributed by atoms with Crippen molar-refractivity contribution >= 4 is 28.1 Å². The molecule has 2 aromatic carbocycles. The van der Waals surface area contributed by atoms with Gasteiger partial charge in [0.1, 0.15) is 5.75 Å². The number of phenolic OH excluding ortho intramolecular Hbond substituents is 1. The van der Waals surface area contributed by atoms with Crippen molar-refractivity contribution in [3.05, 3.63) is 35.4 Å². The van der Waals surface area contributed by atoms with Crippen molar-refractivity contribution in [2.24, 2.45) is 0 Å². The van der Waals surface area contributed by atoms with E-state index in [2.05, 4.69) is 29.9 Å². The van der Waals surface area contributed by atoms with Crippen molar-refractivity contribution in [1.29, 1.82) is 0 Å². The van der Waals surface area contributed by atoms with Crippen LogP contribution in [0.25, 0.3) is 10.8 Å². The zero-order chi connectivity index (χ0) is 14.4. The molecule has 1 aliphatic heterocycles. The van der Waals surface area contributed by atoms with Gasteiger partial charge in [-0.2, -0.15) is 0 Å². The van der Waals surface area contributed by atoms with E-state index in [1.165, 1.54) is 22.9 Å². The van der Waals surface area contributed by atoms with E-state index in [0.29, 0.717) is 5.75 Å². The second-order valence-electron chi connectivity index (χ2n) is 4.10. The van der Waals surface area contributed by atoms with E-state index in [0.717, 1.165) is 24.0 Å². The van der Waals surface area contributed by atoms with Crippen molar-refractivity contribution < 1.29 is 25.5 Å². The van der Waals surface area contributed by atoms with Crippen LogP contribution in [0.15, 0.2) is 24.3 Å². The summed E-state index contributed by atoms with van der Waals surface area (Å²) in [5.74, 6) is 0.377. The molecule has 1 aliphatic rings. The van der Waals surface area contributed by atoms with E-state index in [4.69, 9.17) is 0 Å². The third-order valence-corrected chi connectivity index (χ3v) is 3.15. The second kappa shape index (κ2) is 9.24. The molecule has 2 aromatic rings. The van der Waals surface area contributed by atoms with E-state index in [1.54, 1.807) is 0 Å². The fourth-order valence-electron chi connectivity index (χ4n) is 2.46. The predicted molar refractivity (Wildman–Crippen MR) is 85.7 cm³/mol. The number of anilines is 1. The van der Waals surface area contributed by atoms with Gasteiger partial charge in [-0.25, -0.2) is 0 Å². The number of aromatic hydroxyl groups is 1. The van der Waals surface area contributed by atoms with Gasteiger partial charge in [0.05, 0.1) is 0 Å². The van der Waals surface area contributed by atoms with Crippen molar-refractivity contribution in [2.45, 2.75) is 27.2 Å². The average molecular weight is 466 g/mol. The summed E-state index contributed by atoms with van der Waals surface area (Å²) in [4.78, 5) is 0. The fourth-order valence-corrected chi connectivity index (χ4v) is 2.46. The summed E-state index contributed by atoms with van der Waals surface area (Å²) in [7, 11) is 0. The number of benzene rings is 2. The maximum atomic E-state index is 9.92. The van der Waals surface area contributed by atoms with Crippen LogP contribution in [-0.2, 0) is 26.8 Å². The zero-order valence-electron chi connectivity index (χ0n) is 12.4. The molecule has 2 nitrogen and oxygen atoms in total. The zero-order valence-corrected chi connectivity index (χ0v) is 15.9. The van der Waals surface area contributed by atoms with Crippen molar-refractivity contribution in [2.75, 3.05) is 18.2 Å². The maximum Gasteiger partial charge on any atom is 0.125 e. The van der Waals surface area contributed by atoms with E-state index in [9.17, 15) is 5.11 Å². The van der Waals surface area contributed by atoms with E-state index >= 15 is 0 Å². The predicted octanol–water partition coefficient (Wildman–Crippen LogP) is 4.70. The van der Waals surface area contributed by atoms with Gasteiger partial charge in [-0.05, 0) is 29.9 Å². The SMILES string of the molecule is CC.CCl.Cc1cccc2c(O)cc3c(c12)CCN3.[Re]. The summed E-state index contributed by atoms with van der Waals surface area (Å²) in [5, 5.41) is 15.4. The molecule has 2 N–H and O–H groups in total. The Morgan fingerprint density at radius 3 is 2.50 bits per heavy atom. The van der Waals surface area contributed by atoms with Gasteiger partial charge in [0, 0.05) is 50.5 Å². The summed E-state index contributed by atoms with van der Waals surface area (Å²) in [6, 6.07) is 7.91. The van der Waals surface area contributed by atoms with E-state index < -0.39 is 0 Å². The molecule has 0 fully saturated rings. The molecule has 4 heteroatoms. The smallest absolute Gasteiger partial charge is 0.125 e. The molecule has 0 spiro atoms. The fraction of sp³-hybridized carbons (Fsp3) is 0.375. The third-order valence-electron chi connectivity index (χ3n) is 3.15. The van der Waals surface area contributed by atoms with Crippen LogP contribution in [0.3, 0.4) is 0 Å². The van der Waals surface area contributed by atoms with Crippen LogP contribution in [0.4, 0.5) is 5.69 Å². The monoisotopic (exact) mass is 466 g/mol. The van der Waals surface area contributed by atoms with Gasteiger partial charge in [-0.15, -0.1) is 11.6 Å². The first-order valence-corrected chi connectivity index (χ1v) is 7.39. The largest absolute Gasteiger partial charge is 0.507 e. The Labute approximate surface area is 140 Å². The molecule has 0 saturated carbocycles. The minimum atomic E-state index is 0. The number of nitrogens with one attached hydrogen (secondary N) is 1. The minimum Gasteiger partial charge on any atom is -0.507 e. The molecule has 0 atom stereocenters. The first-order chi connectivity index (χ1) is 9.27. The Kier molecular flexibility index (Phi) is 8.89. The number of aryl methyl sites for hydroxylation is 1. The molecule has 3 rings (SSSR count). The second-order valence-corrected chi connectivity index (χ2v) is 4.10. The molecule has 0 saturated heterocycles. The number of rotatable bonds is 0. The molecule has 111 valence electrons. The average Bonchev–Trinajstić information content (AvgIpc) is 2.91. The third kappa shape index (κ3) is 3.67. The number of fused-ring (bicyclic) bond motifs is 3. The van der Waals surface area contributed by atoms with E-state index in [1.807, 2.05) is 32.0 Å². The molecule has 0 unspecified atom stereocenters. The van der Waals surface area contributed by atoms with Crippen LogP contribution in [0.2, 0.25) is 0 Å². The van der Waals surface area contributed by atoms with Crippen molar-refractivity contribution in [3.63, 3.8) is 0 Å². The summed E-state index contributed by atoms with van der Waals surface area (Å²) < 4.78 is 0. The number of halogens is 1. The molecule has 1 radical (unpaired) electrons. The Bertz CT molecular complexity index is 558. The summed E-state index contributed by atoms with van der Waals surface area (Å²) in [5.41, 5.74) is 3.68. The van der Waals surface area contributed by atoms with Gasteiger partial charge in [-0.3, -0.25) is 0 Å².